The second kappa shape index (κ2) is 5.51. The Kier molecular flexibility index (Phi) is 4.23. The monoisotopic (exact) mass is 253 g/mol. The zero-order valence-corrected chi connectivity index (χ0v) is 11.8. The van der Waals surface area contributed by atoms with E-state index in [0.29, 0.717) is 12.1 Å². The Bertz CT molecular complexity index is 336. The minimum Gasteiger partial charge on any atom is -0.378 e. The molecule has 1 aliphatic heterocycles. The second-order valence-electron chi connectivity index (χ2n) is 5.47. The molecule has 1 fully saturated rings. The van der Waals surface area contributed by atoms with Gasteiger partial charge in [0.1, 0.15) is 0 Å². The quantitative estimate of drug-likeness (QED) is 0.870. The van der Waals surface area contributed by atoms with Gasteiger partial charge in [0.2, 0.25) is 0 Å². The molecule has 0 spiro atoms. The van der Waals surface area contributed by atoms with Crippen molar-refractivity contribution in [3.63, 3.8) is 0 Å². The van der Waals surface area contributed by atoms with Gasteiger partial charge in [-0.15, -0.1) is 0 Å². The minimum atomic E-state index is 0.283. The molecular formula is C14H23NOS. The molecule has 0 radical (unpaired) electrons. The van der Waals surface area contributed by atoms with Crippen molar-refractivity contribution >= 4 is 11.3 Å². The molecule has 17 heavy (non-hydrogen) atoms. The minimum absolute atomic E-state index is 0.283. The number of hydrogen-bond acceptors (Lipinski definition) is 3. The third kappa shape index (κ3) is 3.09. The average Bonchev–Trinajstić information content (AvgIpc) is 2.88. The van der Waals surface area contributed by atoms with Crippen molar-refractivity contribution in [2.45, 2.75) is 45.8 Å². The van der Waals surface area contributed by atoms with E-state index in [-0.39, 0.29) is 5.41 Å². The summed E-state index contributed by atoms with van der Waals surface area (Å²) in [6.07, 6.45) is 2.66. The highest BCUT2D eigenvalue weighted by Crippen LogP contribution is 2.38. The Hall–Kier alpha value is -0.380. The van der Waals surface area contributed by atoms with E-state index < -0.39 is 0 Å². The molecule has 1 aromatic rings. The van der Waals surface area contributed by atoms with E-state index in [1.165, 1.54) is 12.0 Å². The van der Waals surface area contributed by atoms with Crippen LogP contribution in [0.1, 0.15) is 32.8 Å². The van der Waals surface area contributed by atoms with Crippen LogP contribution in [0.15, 0.2) is 16.8 Å². The van der Waals surface area contributed by atoms with E-state index in [4.69, 9.17) is 4.74 Å². The molecule has 0 saturated carbocycles. The van der Waals surface area contributed by atoms with E-state index in [2.05, 4.69) is 42.9 Å². The molecule has 2 heterocycles. The Balaban J connectivity index is 2.07. The molecule has 0 aliphatic carbocycles. The Morgan fingerprint density at radius 2 is 2.41 bits per heavy atom. The summed E-state index contributed by atoms with van der Waals surface area (Å²) in [7, 11) is 0. The van der Waals surface area contributed by atoms with Crippen molar-refractivity contribution in [3.8, 4) is 0 Å². The van der Waals surface area contributed by atoms with Crippen LogP contribution in [-0.4, -0.2) is 25.3 Å². The molecule has 2 atom stereocenters. The number of hydrogen-bond donors (Lipinski definition) is 1. The molecular weight excluding hydrogens is 230 g/mol. The maximum atomic E-state index is 5.81. The van der Waals surface area contributed by atoms with Crippen LogP contribution in [0.4, 0.5) is 0 Å². The summed E-state index contributed by atoms with van der Waals surface area (Å²) >= 11 is 1.79. The first-order chi connectivity index (χ1) is 8.12. The van der Waals surface area contributed by atoms with Crippen molar-refractivity contribution in [2.24, 2.45) is 5.41 Å². The fourth-order valence-corrected chi connectivity index (χ4v) is 3.22. The molecule has 96 valence electrons. The summed E-state index contributed by atoms with van der Waals surface area (Å²) in [5, 5.41) is 8.03. The average molecular weight is 253 g/mol. The highest BCUT2D eigenvalue weighted by atomic mass is 32.1. The van der Waals surface area contributed by atoms with Crippen LogP contribution in [0.25, 0.3) is 0 Å². The number of nitrogens with one attached hydrogen (secondary N) is 1. The maximum absolute atomic E-state index is 5.81. The van der Waals surface area contributed by atoms with Crippen LogP contribution in [0.5, 0.6) is 0 Å². The third-order valence-electron chi connectivity index (χ3n) is 3.83. The van der Waals surface area contributed by atoms with Crippen LogP contribution in [0.2, 0.25) is 0 Å². The fourth-order valence-electron chi connectivity index (χ4n) is 2.55. The summed E-state index contributed by atoms with van der Waals surface area (Å²) in [4.78, 5) is 0. The Morgan fingerprint density at radius 3 is 2.94 bits per heavy atom. The van der Waals surface area contributed by atoms with Crippen LogP contribution >= 0.6 is 11.3 Å². The van der Waals surface area contributed by atoms with E-state index in [1.807, 2.05) is 0 Å². The number of rotatable bonds is 5. The first-order valence-electron chi connectivity index (χ1n) is 6.48. The molecule has 0 amide bonds. The van der Waals surface area contributed by atoms with Gasteiger partial charge in [-0.1, -0.05) is 13.8 Å². The topological polar surface area (TPSA) is 21.3 Å². The van der Waals surface area contributed by atoms with Crippen LogP contribution in [0.3, 0.4) is 0 Å². The number of ether oxygens (including phenoxy) is 1. The first kappa shape index (κ1) is 13.1. The molecule has 2 rings (SSSR count). The Morgan fingerprint density at radius 1 is 1.59 bits per heavy atom. The normalized spacial score (nSPS) is 29.1. The summed E-state index contributed by atoms with van der Waals surface area (Å²) < 4.78 is 5.81. The van der Waals surface area contributed by atoms with Crippen LogP contribution in [0, 0.1) is 5.41 Å². The van der Waals surface area contributed by atoms with Gasteiger partial charge in [-0.2, -0.15) is 11.3 Å². The lowest BCUT2D eigenvalue weighted by Gasteiger charge is -2.33. The van der Waals surface area contributed by atoms with E-state index in [0.717, 1.165) is 19.6 Å². The molecule has 2 nitrogen and oxygen atoms in total. The largest absolute Gasteiger partial charge is 0.378 e. The van der Waals surface area contributed by atoms with Crippen molar-refractivity contribution in [2.75, 3.05) is 13.2 Å². The molecule has 0 bridgehead atoms. The molecule has 1 N–H and O–H groups in total. The Labute approximate surface area is 108 Å². The standard InChI is InChI=1S/C14H23NOS/c1-11(2)15-10-14(5-6-16-12(14)3)8-13-4-7-17-9-13/h4,7,9,11-12,15H,5-6,8,10H2,1-3H3. The molecule has 0 aromatic carbocycles. The smallest absolute Gasteiger partial charge is 0.0619 e. The maximum Gasteiger partial charge on any atom is 0.0619 e. The van der Waals surface area contributed by atoms with Gasteiger partial charge in [-0.3, -0.25) is 0 Å². The highest BCUT2D eigenvalue weighted by Gasteiger charge is 2.41. The van der Waals surface area contributed by atoms with Gasteiger partial charge in [0, 0.05) is 24.6 Å². The molecule has 2 unspecified atom stereocenters. The van der Waals surface area contributed by atoms with Gasteiger partial charge in [-0.05, 0) is 42.2 Å². The van der Waals surface area contributed by atoms with Crippen molar-refractivity contribution in [1.82, 2.24) is 5.32 Å². The molecule has 1 aliphatic rings. The summed E-state index contributed by atoms with van der Waals surface area (Å²) in [5.41, 5.74) is 1.74. The van der Waals surface area contributed by atoms with Crippen molar-refractivity contribution < 1.29 is 4.74 Å². The predicted octanol–water partition coefficient (Wildman–Crippen LogP) is 3.08. The fraction of sp³-hybridized carbons (Fsp3) is 0.714. The zero-order valence-electron chi connectivity index (χ0n) is 11.0. The summed E-state index contributed by atoms with van der Waals surface area (Å²) in [5.74, 6) is 0. The van der Waals surface area contributed by atoms with Crippen molar-refractivity contribution in [1.29, 1.82) is 0 Å². The van der Waals surface area contributed by atoms with Crippen LogP contribution < -0.4 is 5.32 Å². The van der Waals surface area contributed by atoms with E-state index in [9.17, 15) is 0 Å². The summed E-state index contributed by atoms with van der Waals surface area (Å²) in [6.45, 7) is 8.60. The first-order valence-corrected chi connectivity index (χ1v) is 7.43. The predicted molar refractivity (Wildman–Crippen MR) is 73.6 cm³/mol. The third-order valence-corrected chi connectivity index (χ3v) is 4.56. The van der Waals surface area contributed by atoms with E-state index >= 15 is 0 Å². The van der Waals surface area contributed by atoms with Gasteiger partial charge in [0.05, 0.1) is 6.10 Å². The van der Waals surface area contributed by atoms with Crippen molar-refractivity contribution in [3.05, 3.63) is 22.4 Å². The lowest BCUT2D eigenvalue weighted by Crippen LogP contribution is -2.43. The summed E-state index contributed by atoms with van der Waals surface area (Å²) in [6, 6.07) is 2.79. The lowest BCUT2D eigenvalue weighted by molar-refractivity contribution is 0.0621. The van der Waals surface area contributed by atoms with E-state index in [1.54, 1.807) is 11.3 Å². The van der Waals surface area contributed by atoms with Gasteiger partial charge >= 0.3 is 0 Å². The number of thiophene rings is 1. The molecule has 3 heteroatoms. The van der Waals surface area contributed by atoms with Gasteiger partial charge in [0.25, 0.3) is 0 Å². The van der Waals surface area contributed by atoms with Gasteiger partial charge in [0.15, 0.2) is 0 Å². The zero-order chi connectivity index (χ0) is 12.3. The SMILES string of the molecule is CC(C)NCC1(Cc2ccsc2)CCOC1C. The van der Waals surface area contributed by atoms with Gasteiger partial charge in [-0.25, -0.2) is 0 Å². The van der Waals surface area contributed by atoms with Gasteiger partial charge < -0.3 is 10.1 Å². The second-order valence-corrected chi connectivity index (χ2v) is 6.25. The molecule has 1 saturated heterocycles. The van der Waals surface area contributed by atoms with Crippen LogP contribution in [-0.2, 0) is 11.2 Å². The lowest BCUT2D eigenvalue weighted by atomic mass is 9.76. The molecule has 1 aromatic heterocycles. The highest BCUT2D eigenvalue weighted by molar-refractivity contribution is 7.07.